The molecule has 5 nitrogen and oxygen atoms in total. The molecule has 0 heterocycles. The van der Waals surface area contributed by atoms with Gasteiger partial charge < -0.3 is 10.1 Å². The van der Waals surface area contributed by atoms with E-state index in [0.717, 1.165) is 21.3 Å². The van der Waals surface area contributed by atoms with E-state index in [9.17, 15) is 8.42 Å². The van der Waals surface area contributed by atoms with Crippen LogP contribution in [-0.2, 0) is 16.6 Å². The topological polar surface area (TPSA) is 67.4 Å². The summed E-state index contributed by atoms with van der Waals surface area (Å²) in [5.41, 5.74) is 1.98. The third kappa shape index (κ3) is 4.57. The van der Waals surface area contributed by atoms with E-state index >= 15 is 0 Å². The lowest BCUT2D eigenvalue weighted by molar-refractivity contribution is 0.413. The van der Waals surface area contributed by atoms with E-state index in [1.54, 1.807) is 25.3 Å². The lowest BCUT2D eigenvalue weighted by Crippen LogP contribution is -2.21. The number of hydrogen-bond acceptors (Lipinski definition) is 4. The van der Waals surface area contributed by atoms with Crippen LogP contribution >= 0.6 is 15.9 Å². The normalized spacial score (nSPS) is 12.8. The Hall–Kier alpha value is -1.41. The number of halogens is 1. The number of benzene rings is 2. The van der Waals surface area contributed by atoms with Crippen LogP contribution in [0.25, 0.3) is 0 Å². The first-order valence-corrected chi connectivity index (χ1v) is 9.74. The number of sulfonamides is 1. The second kappa shape index (κ2) is 8.11. The Kier molecular flexibility index (Phi) is 6.40. The summed E-state index contributed by atoms with van der Waals surface area (Å²) in [5, 5.41) is 3.40. The van der Waals surface area contributed by atoms with Crippen molar-refractivity contribution in [2.45, 2.75) is 24.4 Å². The van der Waals surface area contributed by atoms with Crippen molar-refractivity contribution in [3.05, 3.63) is 58.1 Å². The predicted octanol–water partition coefficient (Wildman–Crippen LogP) is 3.22. The minimum absolute atomic E-state index is 0.00453. The minimum Gasteiger partial charge on any atom is -0.497 e. The predicted molar refractivity (Wildman–Crippen MR) is 98.6 cm³/mol. The average molecular weight is 413 g/mol. The van der Waals surface area contributed by atoms with Crippen LogP contribution in [0.5, 0.6) is 5.75 Å². The highest BCUT2D eigenvalue weighted by molar-refractivity contribution is 9.10. The smallest absolute Gasteiger partial charge is 0.240 e. The Bertz CT molecular complexity index is 809. The molecule has 2 N–H and O–H groups in total. The Labute approximate surface area is 151 Å². The van der Waals surface area contributed by atoms with Gasteiger partial charge in [0.25, 0.3) is 0 Å². The molecule has 130 valence electrons. The van der Waals surface area contributed by atoms with Gasteiger partial charge in [0.15, 0.2) is 0 Å². The Morgan fingerprint density at radius 1 is 1.21 bits per heavy atom. The van der Waals surface area contributed by atoms with Gasteiger partial charge in [0.2, 0.25) is 10.0 Å². The van der Waals surface area contributed by atoms with Crippen molar-refractivity contribution in [3.8, 4) is 5.75 Å². The molecule has 7 heteroatoms. The maximum atomic E-state index is 11.9. The first kappa shape index (κ1) is 18.9. The summed E-state index contributed by atoms with van der Waals surface area (Å²) in [6.45, 7) is 2.63. The molecule has 0 aliphatic heterocycles. The van der Waals surface area contributed by atoms with Crippen molar-refractivity contribution in [2.75, 3.05) is 14.2 Å². The Morgan fingerprint density at radius 3 is 2.62 bits per heavy atom. The fourth-order valence-electron chi connectivity index (χ4n) is 2.26. The van der Waals surface area contributed by atoms with Gasteiger partial charge in [-0.3, -0.25) is 0 Å². The van der Waals surface area contributed by atoms with E-state index in [-0.39, 0.29) is 10.9 Å². The van der Waals surface area contributed by atoms with Crippen LogP contribution < -0.4 is 14.8 Å². The fourth-order valence-corrected chi connectivity index (χ4v) is 3.43. The lowest BCUT2D eigenvalue weighted by Gasteiger charge is -2.16. The summed E-state index contributed by atoms with van der Waals surface area (Å²) in [5.74, 6) is 0.796. The number of ether oxygens (including phenoxy) is 1. The van der Waals surface area contributed by atoms with E-state index in [1.165, 1.54) is 7.05 Å². The molecule has 0 spiro atoms. The van der Waals surface area contributed by atoms with E-state index in [2.05, 4.69) is 26.0 Å². The van der Waals surface area contributed by atoms with Gasteiger partial charge in [-0.15, -0.1) is 0 Å². The SMILES string of the molecule is CNS(=O)(=O)c1cccc([C@H](C)NCc2cc(OC)ccc2Br)c1. The third-order valence-corrected chi connectivity index (χ3v) is 5.97. The van der Waals surface area contributed by atoms with Gasteiger partial charge in [-0.25, -0.2) is 13.1 Å². The average Bonchev–Trinajstić information content (AvgIpc) is 2.60. The minimum atomic E-state index is -3.44. The molecular weight excluding hydrogens is 392 g/mol. The van der Waals surface area contributed by atoms with Crippen LogP contribution in [0, 0.1) is 0 Å². The first-order valence-electron chi connectivity index (χ1n) is 7.46. The second-order valence-corrected chi connectivity index (χ2v) is 8.08. The summed E-state index contributed by atoms with van der Waals surface area (Å²) in [6, 6.07) is 12.7. The van der Waals surface area contributed by atoms with Crippen molar-refractivity contribution >= 4 is 26.0 Å². The summed E-state index contributed by atoms with van der Waals surface area (Å²) in [7, 11) is -0.396. The number of hydrogen-bond donors (Lipinski definition) is 2. The number of nitrogens with one attached hydrogen (secondary N) is 2. The third-order valence-electron chi connectivity index (χ3n) is 3.79. The van der Waals surface area contributed by atoms with Crippen molar-refractivity contribution in [3.63, 3.8) is 0 Å². The fraction of sp³-hybridized carbons (Fsp3) is 0.294. The molecule has 2 rings (SSSR count). The van der Waals surface area contributed by atoms with Crippen molar-refractivity contribution in [1.82, 2.24) is 10.0 Å². The molecule has 0 bridgehead atoms. The lowest BCUT2D eigenvalue weighted by atomic mass is 10.1. The van der Waals surface area contributed by atoms with Crippen LogP contribution in [0.15, 0.2) is 51.8 Å². The molecule has 24 heavy (non-hydrogen) atoms. The van der Waals surface area contributed by atoms with Crippen molar-refractivity contribution in [2.24, 2.45) is 0 Å². The van der Waals surface area contributed by atoms with Crippen LogP contribution in [0.3, 0.4) is 0 Å². The maximum absolute atomic E-state index is 11.9. The van der Waals surface area contributed by atoms with E-state index < -0.39 is 10.0 Å². The highest BCUT2D eigenvalue weighted by atomic mass is 79.9. The zero-order valence-corrected chi connectivity index (χ0v) is 16.2. The van der Waals surface area contributed by atoms with E-state index in [0.29, 0.717) is 6.54 Å². The zero-order chi connectivity index (χ0) is 17.7. The number of methoxy groups -OCH3 is 1. The molecular formula is C17H21BrN2O3S. The van der Waals surface area contributed by atoms with Crippen LogP contribution in [-0.4, -0.2) is 22.6 Å². The zero-order valence-electron chi connectivity index (χ0n) is 13.8. The first-order chi connectivity index (χ1) is 11.4. The Balaban J connectivity index is 2.13. The molecule has 0 aliphatic carbocycles. The van der Waals surface area contributed by atoms with Crippen molar-refractivity contribution in [1.29, 1.82) is 0 Å². The molecule has 0 aliphatic rings. The highest BCUT2D eigenvalue weighted by Gasteiger charge is 2.14. The van der Waals surface area contributed by atoms with Crippen LogP contribution in [0.1, 0.15) is 24.1 Å². The second-order valence-electron chi connectivity index (χ2n) is 5.34. The summed E-state index contributed by atoms with van der Waals surface area (Å²) in [4.78, 5) is 0.263. The van der Waals surface area contributed by atoms with Gasteiger partial charge >= 0.3 is 0 Å². The molecule has 0 saturated carbocycles. The summed E-state index contributed by atoms with van der Waals surface area (Å²) in [6.07, 6.45) is 0. The largest absolute Gasteiger partial charge is 0.497 e. The van der Waals surface area contributed by atoms with Crippen LogP contribution in [0.4, 0.5) is 0 Å². The van der Waals surface area contributed by atoms with Gasteiger partial charge in [0, 0.05) is 17.1 Å². The van der Waals surface area contributed by atoms with Gasteiger partial charge in [0.1, 0.15) is 5.75 Å². The molecule has 1 atom stereocenters. The molecule has 2 aromatic rings. The molecule has 0 saturated heterocycles. The maximum Gasteiger partial charge on any atom is 0.240 e. The van der Waals surface area contributed by atoms with Crippen molar-refractivity contribution < 1.29 is 13.2 Å². The molecule has 0 fully saturated rings. The van der Waals surface area contributed by atoms with E-state index in [1.807, 2.05) is 31.2 Å². The summed E-state index contributed by atoms with van der Waals surface area (Å²) < 4.78 is 32.4. The van der Waals surface area contributed by atoms with Crippen LogP contribution in [0.2, 0.25) is 0 Å². The molecule has 2 aromatic carbocycles. The van der Waals surface area contributed by atoms with E-state index in [4.69, 9.17) is 4.74 Å². The molecule has 0 radical (unpaired) electrons. The number of rotatable bonds is 7. The summed E-state index contributed by atoms with van der Waals surface area (Å²) >= 11 is 3.53. The molecule has 0 amide bonds. The Morgan fingerprint density at radius 2 is 1.96 bits per heavy atom. The molecule has 0 aromatic heterocycles. The standard InChI is InChI=1S/C17H21BrN2O3S/c1-12(13-5-4-6-16(10-13)24(21,22)19-2)20-11-14-9-15(23-3)7-8-17(14)18/h4-10,12,19-20H,11H2,1-3H3/t12-/m0/s1. The quantitative estimate of drug-likeness (QED) is 0.732. The van der Waals surface area contributed by atoms with Gasteiger partial charge in [-0.2, -0.15) is 0 Å². The molecule has 0 unspecified atom stereocenters. The highest BCUT2D eigenvalue weighted by Crippen LogP contribution is 2.24. The monoisotopic (exact) mass is 412 g/mol. The van der Waals surface area contributed by atoms with Gasteiger partial charge in [-0.1, -0.05) is 28.1 Å². The van der Waals surface area contributed by atoms with Gasteiger partial charge in [0.05, 0.1) is 12.0 Å². The van der Waals surface area contributed by atoms with Gasteiger partial charge in [-0.05, 0) is 55.4 Å².